The van der Waals surface area contributed by atoms with E-state index in [0.29, 0.717) is 19.3 Å². The van der Waals surface area contributed by atoms with Crippen LogP contribution in [0, 0.1) is 0 Å². The van der Waals surface area contributed by atoms with E-state index in [-0.39, 0.29) is 19.4 Å². The number of carbonyl (C=O) groups excluding carboxylic acids is 2. The smallest absolute Gasteiger partial charge is 0.462 e. The summed E-state index contributed by atoms with van der Waals surface area (Å²) in [5.41, 5.74) is 0. The second kappa shape index (κ2) is 37.3. The number of carbonyl (C=O) groups is 2. The number of aliphatic hydroxyl groups excluding tert-OH is 1. The van der Waals surface area contributed by atoms with E-state index in [2.05, 4.69) is 60.9 Å². The van der Waals surface area contributed by atoms with E-state index in [0.717, 1.165) is 70.6 Å². The van der Waals surface area contributed by atoms with Crippen molar-refractivity contribution in [3.05, 3.63) is 97.2 Å². The van der Waals surface area contributed by atoms with Crippen LogP contribution in [0.2, 0.25) is 0 Å². The van der Waals surface area contributed by atoms with Crippen LogP contribution < -0.4 is 0 Å². The molecular weight excluding hydrogens is 691 g/mol. The second-order valence-corrected chi connectivity index (χ2v) is 14.0. The van der Waals surface area contributed by atoms with Gasteiger partial charge in [-0.15, -0.1) is 0 Å². The van der Waals surface area contributed by atoms with Crippen molar-refractivity contribution in [1.82, 2.24) is 0 Å². The van der Waals surface area contributed by atoms with Crippen molar-refractivity contribution in [2.24, 2.45) is 0 Å². The Morgan fingerprint density at radius 3 is 1.79 bits per heavy atom. The molecule has 0 aliphatic heterocycles. The third-order valence-corrected chi connectivity index (χ3v) is 8.17. The van der Waals surface area contributed by atoms with E-state index in [1.807, 2.05) is 48.6 Å². The predicted octanol–water partition coefficient (Wildman–Crippen LogP) is 10.8. The van der Waals surface area contributed by atoms with Crippen LogP contribution in [0.1, 0.15) is 136 Å². The van der Waals surface area contributed by atoms with Crippen molar-refractivity contribution in [2.45, 2.75) is 148 Å². The highest BCUT2D eigenvalue weighted by Crippen LogP contribution is 2.36. The fourth-order valence-electron chi connectivity index (χ4n) is 4.75. The van der Waals surface area contributed by atoms with Gasteiger partial charge in [-0.2, -0.15) is 0 Å². The summed E-state index contributed by atoms with van der Waals surface area (Å²) < 4.78 is 26.2. The molecule has 0 saturated carbocycles. The summed E-state index contributed by atoms with van der Waals surface area (Å²) >= 11 is 0. The maximum atomic E-state index is 12.4. The number of hydrogen-bond acceptors (Lipinski definition) is 7. The second-order valence-electron chi connectivity index (χ2n) is 12.7. The molecule has 10 heteroatoms. The molecule has 0 spiro atoms. The number of aliphatic hydroxyl groups is 1. The van der Waals surface area contributed by atoms with Gasteiger partial charge in [0.1, 0.15) is 6.61 Å². The van der Waals surface area contributed by atoms with Gasteiger partial charge < -0.3 is 24.4 Å². The van der Waals surface area contributed by atoms with E-state index in [4.69, 9.17) is 19.3 Å². The fraction of sp³-hybridized carbons (Fsp3) is 0.581. The first-order valence-electron chi connectivity index (χ1n) is 19.6. The Bertz CT molecular complexity index is 1190. The van der Waals surface area contributed by atoms with Crippen LogP contribution in [-0.4, -0.2) is 52.3 Å². The SMILES string of the molecule is CC/C=C\CC(O)/C=C/C=C/C/C=C\C/C=C\C/C=C\CCC(=O)OC[C@H](COP(=O)(O)O)OC(=O)CCCCCCC/C=C\C/C=C\CCCCC. The van der Waals surface area contributed by atoms with Crippen LogP contribution in [0.3, 0.4) is 0 Å². The molecule has 0 amide bonds. The molecule has 0 aromatic rings. The van der Waals surface area contributed by atoms with Gasteiger partial charge in [-0.05, 0) is 77.0 Å². The zero-order chi connectivity index (χ0) is 39.1. The van der Waals surface area contributed by atoms with Crippen LogP contribution in [0.25, 0.3) is 0 Å². The van der Waals surface area contributed by atoms with Gasteiger partial charge in [0.15, 0.2) is 6.10 Å². The molecule has 0 bridgehead atoms. The van der Waals surface area contributed by atoms with E-state index >= 15 is 0 Å². The summed E-state index contributed by atoms with van der Waals surface area (Å²) in [5.74, 6) is -1.03. The van der Waals surface area contributed by atoms with Crippen LogP contribution in [-0.2, 0) is 28.2 Å². The molecule has 0 aliphatic rings. The zero-order valence-electron chi connectivity index (χ0n) is 32.5. The lowest BCUT2D eigenvalue weighted by Gasteiger charge is -2.18. The van der Waals surface area contributed by atoms with E-state index in [1.165, 1.54) is 19.3 Å². The maximum Gasteiger partial charge on any atom is 0.469 e. The third kappa shape index (κ3) is 40.0. The molecule has 300 valence electrons. The van der Waals surface area contributed by atoms with Crippen molar-refractivity contribution in [2.75, 3.05) is 13.2 Å². The van der Waals surface area contributed by atoms with Gasteiger partial charge in [-0.3, -0.25) is 14.1 Å². The Kier molecular flexibility index (Phi) is 35.1. The Labute approximate surface area is 320 Å². The molecule has 0 aromatic heterocycles. The minimum Gasteiger partial charge on any atom is -0.462 e. The topological polar surface area (TPSA) is 140 Å². The third-order valence-electron chi connectivity index (χ3n) is 7.68. The van der Waals surface area contributed by atoms with E-state index in [1.54, 1.807) is 6.08 Å². The molecule has 1 unspecified atom stereocenters. The molecule has 0 fully saturated rings. The number of allylic oxidation sites excluding steroid dienone is 14. The number of phosphoric acid groups is 1. The quantitative estimate of drug-likeness (QED) is 0.0192. The van der Waals surface area contributed by atoms with Gasteiger partial charge in [0.2, 0.25) is 0 Å². The first-order valence-corrected chi connectivity index (χ1v) is 21.2. The van der Waals surface area contributed by atoms with Gasteiger partial charge >= 0.3 is 19.8 Å². The van der Waals surface area contributed by atoms with Crippen molar-refractivity contribution in [1.29, 1.82) is 0 Å². The van der Waals surface area contributed by atoms with E-state index < -0.39 is 38.6 Å². The van der Waals surface area contributed by atoms with Crippen molar-refractivity contribution in [3.8, 4) is 0 Å². The van der Waals surface area contributed by atoms with Gasteiger partial charge in [-0.25, -0.2) is 4.57 Å². The minimum atomic E-state index is -4.79. The van der Waals surface area contributed by atoms with Crippen LogP contribution in [0.4, 0.5) is 0 Å². The molecule has 0 heterocycles. The predicted molar refractivity (Wildman–Crippen MR) is 217 cm³/mol. The van der Waals surface area contributed by atoms with Crippen molar-refractivity contribution < 1.29 is 43.0 Å². The average molecular weight is 761 g/mol. The molecule has 0 rings (SSSR count). The monoisotopic (exact) mass is 760 g/mol. The summed E-state index contributed by atoms with van der Waals surface area (Å²) in [4.78, 5) is 42.7. The lowest BCUT2D eigenvalue weighted by Crippen LogP contribution is -2.29. The number of rotatable bonds is 34. The average Bonchev–Trinajstić information content (AvgIpc) is 3.12. The number of phosphoric ester groups is 1. The fourth-order valence-corrected chi connectivity index (χ4v) is 5.11. The van der Waals surface area contributed by atoms with Gasteiger partial charge in [0, 0.05) is 12.8 Å². The van der Waals surface area contributed by atoms with Gasteiger partial charge in [-0.1, -0.05) is 143 Å². The van der Waals surface area contributed by atoms with Crippen molar-refractivity contribution in [3.63, 3.8) is 0 Å². The Balaban J connectivity index is 4.17. The molecule has 0 saturated heterocycles. The highest BCUT2D eigenvalue weighted by Gasteiger charge is 2.22. The maximum absolute atomic E-state index is 12.4. The normalized spacial score (nSPS) is 14.1. The first-order chi connectivity index (χ1) is 25.7. The molecule has 53 heavy (non-hydrogen) atoms. The Hall–Kier alpha value is -3.07. The molecule has 9 nitrogen and oxygen atoms in total. The number of esters is 2. The minimum absolute atomic E-state index is 0.118. The number of unbranched alkanes of at least 4 members (excludes halogenated alkanes) is 8. The summed E-state index contributed by atoms with van der Waals surface area (Å²) in [6.07, 6.45) is 47.5. The zero-order valence-corrected chi connectivity index (χ0v) is 33.4. The standard InChI is InChI=1S/C43H69O9P/c1-3-5-7-8-9-10-11-12-13-16-20-23-26-29-33-37-43(46)52-41(39-51-53(47,48)49)38-50-42(45)36-32-28-25-22-19-17-14-15-18-21-24-27-31-35-40(44)34-30-6-4-2/h6,9-10,12-13,15,17-19,24-25,27-28,30-31,35,40-41,44H,3-5,7-8,11,14,16,20-23,26,29,32-34,36-39H2,1-2H3,(H2,47,48,49)/b10-9-,13-12-,18-15-,19-17-,27-24+,28-25-,30-6-,35-31+/t40?,41-/m1/s1. The van der Waals surface area contributed by atoms with Crippen LogP contribution in [0.5, 0.6) is 0 Å². The summed E-state index contributed by atoms with van der Waals surface area (Å²) in [6, 6.07) is 0. The van der Waals surface area contributed by atoms with Crippen LogP contribution in [0.15, 0.2) is 97.2 Å². The van der Waals surface area contributed by atoms with Crippen LogP contribution >= 0.6 is 7.82 Å². The molecule has 2 atom stereocenters. The molecule has 0 aliphatic carbocycles. The molecule has 0 radical (unpaired) electrons. The highest BCUT2D eigenvalue weighted by atomic mass is 31.2. The first kappa shape index (κ1) is 49.9. The molecular formula is C43H69O9P. The highest BCUT2D eigenvalue weighted by molar-refractivity contribution is 7.46. The van der Waals surface area contributed by atoms with E-state index in [9.17, 15) is 19.3 Å². The largest absolute Gasteiger partial charge is 0.469 e. The number of hydrogen-bond donors (Lipinski definition) is 3. The summed E-state index contributed by atoms with van der Waals surface area (Å²) in [5, 5.41) is 9.81. The Morgan fingerprint density at radius 2 is 1.17 bits per heavy atom. The molecule has 3 N–H and O–H groups in total. The van der Waals surface area contributed by atoms with Crippen molar-refractivity contribution >= 4 is 19.8 Å². The van der Waals surface area contributed by atoms with Gasteiger partial charge in [0.25, 0.3) is 0 Å². The molecule has 0 aromatic carbocycles. The summed E-state index contributed by atoms with van der Waals surface area (Å²) in [7, 11) is -4.79. The lowest BCUT2D eigenvalue weighted by molar-refractivity contribution is -0.161. The lowest BCUT2D eigenvalue weighted by atomic mass is 10.1. The Morgan fingerprint density at radius 1 is 0.604 bits per heavy atom. The number of ether oxygens (including phenoxy) is 2. The summed E-state index contributed by atoms with van der Waals surface area (Å²) in [6.45, 7) is 3.35. The van der Waals surface area contributed by atoms with Gasteiger partial charge in [0.05, 0.1) is 12.7 Å².